The molecule has 2 atom stereocenters. The van der Waals surface area contributed by atoms with Gasteiger partial charge in [0.15, 0.2) is 0 Å². The van der Waals surface area contributed by atoms with Gasteiger partial charge in [0.25, 0.3) is 5.56 Å². The first-order chi connectivity index (χ1) is 10.0. The van der Waals surface area contributed by atoms with Gasteiger partial charge < -0.3 is 5.73 Å². The molecule has 0 radical (unpaired) electrons. The Balaban J connectivity index is 1.85. The van der Waals surface area contributed by atoms with Crippen LogP contribution in [0.1, 0.15) is 19.0 Å². The van der Waals surface area contributed by atoms with Crippen molar-refractivity contribution in [3.8, 4) is 0 Å². The number of hydrogen-bond acceptors (Lipinski definition) is 4. The molecule has 0 spiro atoms. The predicted molar refractivity (Wildman–Crippen MR) is 86.2 cm³/mol. The number of aromatic nitrogens is 2. The van der Waals surface area contributed by atoms with E-state index in [0.717, 1.165) is 29.7 Å². The molecule has 0 aliphatic carbocycles. The lowest BCUT2D eigenvalue weighted by Gasteiger charge is -2.34. The molecule has 2 aromatic rings. The summed E-state index contributed by atoms with van der Waals surface area (Å²) < 4.78 is 2.42. The van der Waals surface area contributed by atoms with Gasteiger partial charge in [0.2, 0.25) is 0 Å². The third-order valence-electron chi connectivity index (χ3n) is 4.12. The molecule has 2 unspecified atom stereocenters. The van der Waals surface area contributed by atoms with Crippen LogP contribution in [0, 0.1) is 5.92 Å². The lowest BCUT2D eigenvalue weighted by Crippen LogP contribution is -2.45. The van der Waals surface area contributed by atoms with Crippen molar-refractivity contribution < 1.29 is 0 Å². The number of halogens is 1. The van der Waals surface area contributed by atoms with Crippen molar-refractivity contribution in [2.24, 2.45) is 11.7 Å². The first-order valence-electron chi connectivity index (χ1n) is 7.19. The Morgan fingerprint density at radius 2 is 2.29 bits per heavy atom. The maximum absolute atomic E-state index is 12.2. The molecule has 1 aliphatic heterocycles. The zero-order chi connectivity index (χ0) is 15.0. The third kappa shape index (κ3) is 3.17. The van der Waals surface area contributed by atoms with Crippen LogP contribution < -0.4 is 11.3 Å². The van der Waals surface area contributed by atoms with Crippen LogP contribution in [0.4, 0.5) is 0 Å². The van der Waals surface area contributed by atoms with Gasteiger partial charge in [-0.25, -0.2) is 4.98 Å². The number of nitrogens with zero attached hydrogens (tertiary/aromatic N) is 3. The quantitative estimate of drug-likeness (QED) is 0.893. The Kier molecular flexibility index (Phi) is 4.10. The minimum absolute atomic E-state index is 0.0435. The average molecular weight is 351 g/mol. The molecule has 5 nitrogen and oxygen atoms in total. The van der Waals surface area contributed by atoms with Crippen molar-refractivity contribution in [3.63, 3.8) is 0 Å². The highest BCUT2D eigenvalue weighted by Crippen LogP contribution is 2.17. The standard InChI is InChI=1S/C15H19BrN4O/c1-10-7-19(5-4-13(10)17)9-12-6-15(21)20-8-11(16)2-3-14(20)18-12/h2-3,6,8,10,13H,4-5,7,9,17H2,1H3. The molecule has 3 rings (SSSR count). The lowest BCUT2D eigenvalue weighted by molar-refractivity contribution is 0.156. The summed E-state index contributed by atoms with van der Waals surface area (Å²) in [6.07, 6.45) is 2.75. The Bertz CT molecular complexity index is 714. The van der Waals surface area contributed by atoms with Crippen LogP contribution in [0.2, 0.25) is 0 Å². The van der Waals surface area contributed by atoms with Crippen molar-refractivity contribution in [1.29, 1.82) is 0 Å². The van der Waals surface area contributed by atoms with Gasteiger partial charge in [-0.1, -0.05) is 6.92 Å². The topological polar surface area (TPSA) is 63.6 Å². The molecule has 0 aromatic carbocycles. The van der Waals surface area contributed by atoms with Gasteiger partial charge in [-0.2, -0.15) is 0 Å². The highest BCUT2D eigenvalue weighted by molar-refractivity contribution is 9.10. The zero-order valence-corrected chi connectivity index (χ0v) is 13.6. The van der Waals surface area contributed by atoms with Crippen molar-refractivity contribution in [1.82, 2.24) is 14.3 Å². The van der Waals surface area contributed by atoms with Crippen LogP contribution in [0.15, 0.2) is 33.7 Å². The van der Waals surface area contributed by atoms with E-state index in [1.807, 2.05) is 12.1 Å². The van der Waals surface area contributed by atoms with E-state index < -0.39 is 0 Å². The molecule has 2 aromatic heterocycles. The molecule has 3 heterocycles. The molecule has 112 valence electrons. The summed E-state index contributed by atoms with van der Waals surface area (Å²) >= 11 is 3.37. The maximum Gasteiger partial charge on any atom is 0.258 e. The second-order valence-corrected chi connectivity index (χ2v) is 6.74. The summed E-state index contributed by atoms with van der Waals surface area (Å²) in [4.78, 5) is 19.1. The van der Waals surface area contributed by atoms with E-state index >= 15 is 0 Å². The Morgan fingerprint density at radius 1 is 1.48 bits per heavy atom. The second kappa shape index (κ2) is 5.87. The summed E-state index contributed by atoms with van der Waals surface area (Å²) in [5.41, 5.74) is 7.51. The van der Waals surface area contributed by atoms with Gasteiger partial charge in [-0.15, -0.1) is 0 Å². The van der Waals surface area contributed by atoms with Crippen LogP contribution in [0.25, 0.3) is 5.65 Å². The second-order valence-electron chi connectivity index (χ2n) is 5.83. The van der Waals surface area contributed by atoms with Crippen LogP contribution >= 0.6 is 15.9 Å². The van der Waals surface area contributed by atoms with Gasteiger partial charge in [0.05, 0.1) is 5.69 Å². The molecule has 0 saturated carbocycles. The number of hydrogen-bond donors (Lipinski definition) is 1. The van der Waals surface area contributed by atoms with Gasteiger partial charge in [0, 0.05) is 42.4 Å². The summed E-state index contributed by atoms with van der Waals surface area (Å²) in [6, 6.07) is 5.66. The molecule has 1 saturated heterocycles. The Labute approximate surface area is 131 Å². The number of piperidine rings is 1. The molecule has 1 fully saturated rings. The Hall–Kier alpha value is -1.24. The maximum atomic E-state index is 12.2. The molecule has 0 amide bonds. The van der Waals surface area contributed by atoms with E-state index in [1.54, 1.807) is 16.7 Å². The van der Waals surface area contributed by atoms with Crippen LogP contribution in [-0.2, 0) is 6.54 Å². The summed E-state index contributed by atoms with van der Waals surface area (Å²) in [5.74, 6) is 0.483. The van der Waals surface area contributed by atoms with Crippen molar-refractivity contribution >= 4 is 21.6 Å². The summed E-state index contributed by atoms with van der Waals surface area (Å²) in [7, 11) is 0. The zero-order valence-electron chi connectivity index (χ0n) is 12.0. The van der Waals surface area contributed by atoms with Gasteiger partial charge >= 0.3 is 0 Å². The van der Waals surface area contributed by atoms with Gasteiger partial charge in [-0.3, -0.25) is 14.1 Å². The number of fused-ring (bicyclic) bond motifs is 1. The highest BCUT2D eigenvalue weighted by atomic mass is 79.9. The van der Waals surface area contributed by atoms with E-state index in [-0.39, 0.29) is 11.6 Å². The van der Waals surface area contributed by atoms with Crippen LogP contribution in [0.3, 0.4) is 0 Å². The van der Waals surface area contributed by atoms with Crippen LogP contribution in [0.5, 0.6) is 0 Å². The minimum Gasteiger partial charge on any atom is -0.327 e. The van der Waals surface area contributed by atoms with E-state index in [4.69, 9.17) is 5.73 Å². The van der Waals surface area contributed by atoms with E-state index in [2.05, 4.69) is 32.7 Å². The third-order valence-corrected chi connectivity index (χ3v) is 4.59. The van der Waals surface area contributed by atoms with Gasteiger partial charge in [-0.05, 0) is 40.4 Å². The highest BCUT2D eigenvalue weighted by Gasteiger charge is 2.23. The predicted octanol–water partition coefficient (Wildman–Crippen LogP) is 1.63. The number of nitrogens with two attached hydrogens (primary N) is 1. The van der Waals surface area contributed by atoms with Crippen LogP contribution in [-0.4, -0.2) is 33.4 Å². The SMILES string of the molecule is CC1CN(Cc2cc(=O)n3cc(Br)ccc3n2)CCC1N. The molecule has 0 bridgehead atoms. The van der Waals surface area contributed by atoms with E-state index in [1.165, 1.54) is 0 Å². The Morgan fingerprint density at radius 3 is 3.05 bits per heavy atom. The van der Waals surface area contributed by atoms with Crippen molar-refractivity contribution in [2.45, 2.75) is 25.9 Å². The fourth-order valence-corrected chi connectivity index (χ4v) is 3.17. The average Bonchev–Trinajstić information content (AvgIpc) is 2.44. The first-order valence-corrected chi connectivity index (χ1v) is 7.98. The first kappa shape index (κ1) is 14.7. The number of likely N-dealkylation sites (tertiary alicyclic amines) is 1. The fraction of sp³-hybridized carbons (Fsp3) is 0.467. The monoisotopic (exact) mass is 350 g/mol. The smallest absolute Gasteiger partial charge is 0.258 e. The van der Waals surface area contributed by atoms with Crippen molar-refractivity contribution in [2.75, 3.05) is 13.1 Å². The minimum atomic E-state index is -0.0435. The molecular weight excluding hydrogens is 332 g/mol. The lowest BCUT2D eigenvalue weighted by atomic mass is 9.95. The normalized spacial score (nSPS) is 23.6. The molecule has 2 N–H and O–H groups in total. The molecular formula is C15H19BrN4O. The largest absolute Gasteiger partial charge is 0.327 e. The van der Waals surface area contributed by atoms with Gasteiger partial charge in [0.1, 0.15) is 5.65 Å². The fourth-order valence-electron chi connectivity index (χ4n) is 2.83. The molecule has 21 heavy (non-hydrogen) atoms. The van der Waals surface area contributed by atoms with Crippen molar-refractivity contribution in [3.05, 3.63) is 44.9 Å². The number of pyridine rings is 1. The molecule has 1 aliphatic rings. The summed E-state index contributed by atoms with van der Waals surface area (Å²) in [5, 5.41) is 0. The molecule has 6 heteroatoms. The summed E-state index contributed by atoms with van der Waals surface area (Å²) in [6.45, 7) is 4.81. The number of rotatable bonds is 2. The van der Waals surface area contributed by atoms with E-state index in [0.29, 0.717) is 18.1 Å². The van der Waals surface area contributed by atoms with E-state index in [9.17, 15) is 4.79 Å².